The largest absolute Gasteiger partial charge is 0.450 e. The third kappa shape index (κ3) is 2.27. The second-order valence-electron chi connectivity index (χ2n) is 3.96. The number of nitrogens with two attached hydrogens (primary N) is 1. The highest BCUT2D eigenvalue weighted by Crippen LogP contribution is 2.39. The monoisotopic (exact) mass is 305 g/mol. The molecule has 0 unspecified atom stereocenters. The highest BCUT2D eigenvalue weighted by atomic mass is 35.5. The Kier molecular flexibility index (Phi) is 3.76. The van der Waals surface area contributed by atoms with E-state index < -0.39 is 45.3 Å². The zero-order valence-electron chi connectivity index (χ0n) is 10.1. The van der Waals surface area contributed by atoms with Crippen molar-refractivity contribution < 1.29 is 22.3 Å². The normalized spacial score (nSPS) is 10.7. The zero-order valence-corrected chi connectivity index (χ0v) is 10.9. The van der Waals surface area contributed by atoms with E-state index in [2.05, 4.69) is 0 Å². The predicted octanol–water partition coefficient (Wildman–Crippen LogP) is 4.58. The third-order valence-corrected chi connectivity index (χ3v) is 3.01. The molecule has 2 aromatic rings. The molecule has 2 aromatic carbocycles. The first-order valence-corrected chi connectivity index (χ1v) is 5.76. The molecule has 0 amide bonds. The van der Waals surface area contributed by atoms with Gasteiger partial charge in [-0.2, -0.15) is 4.39 Å². The highest BCUT2D eigenvalue weighted by Gasteiger charge is 2.24. The minimum atomic E-state index is -1.47. The molecule has 2 nitrogen and oxygen atoms in total. The van der Waals surface area contributed by atoms with Gasteiger partial charge in [0.15, 0.2) is 23.1 Å². The van der Waals surface area contributed by atoms with Gasteiger partial charge in [0.2, 0.25) is 5.82 Å². The van der Waals surface area contributed by atoms with Gasteiger partial charge in [-0.1, -0.05) is 17.7 Å². The van der Waals surface area contributed by atoms with Crippen LogP contribution >= 0.6 is 11.6 Å². The molecule has 0 fully saturated rings. The Balaban J connectivity index is 2.57. The van der Waals surface area contributed by atoms with Crippen molar-refractivity contribution in [3.63, 3.8) is 0 Å². The van der Waals surface area contributed by atoms with Gasteiger partial charge >= 0.3 is 0 Å². The number of para-hydroxylation sites is 1. The molecule has 0 aliphatic rings. The summed E-state index contributed by atoms with van der Waals surface area (Å²) in [6, 6.07) is 3.51. The van der Waals surface area contributed by atoms with Gasteiger partial charge in [0.05, 0.1) is 0 Å². The van der Waals surface area contributed by atoms with Crippen LogP contribution < -0.4 is 10.5 Å². The topological polar surface area (TPSA) is 35.2 Å². The summed E-state index contributed by atoms with van der Waals surface area (Å²) in [7, 11) is 0. The first-order valence-electron chi connectivity index (χ1n) is 5.39. The summed E-state index contributed by atoms with van der Waals surface area (Å²) in [5.41, 5.74) is 4.38. The molecule has 20 heavy (non-hydrogen) atoms. The molecular weight excluding hydrogens is 298 g/mol. The van der Waals surface area contributed by atoms with Crippen molar-refractivity contribution in [2.45, 2.75) is 6.92 Å². The van der Waals surface area contributed by atoms with Crippen LogP contribution in [0.5, 0.6) is 11.5 Å². The fraction of sp³-hybridized carbons (Fsp3) is 0.0769. The van der Waals surface area contributed by atoms with E-state index in [4.69, 9.17) is 22.1 Å². The van der Waals surface area contributed by atoms with Gasteiger partial charge in [0.25, 0.3) is 0 Å². The highest BCUT2D eigenvalue weighted by molar-refractivity contribution is 6.32. The van der Waals surface area contributed by atoms with E-state index in [1.54, 1.807) is 0 Å². The Morgan fingerprint density at radius 2 is 1.70 bits per heavy atom. The van der Waals surface area contributed by atoms with Crippen LogP contribution in [0.25, 0.3) is 0 Å². The predicted molar refractivity (Wildman–Crippen MR) is 66.9 cm³/mol. The van der Waals surface area contributed by atoms with Crippen LogP contribution in [-0.4, -0.2) is 0 Å². The fourth-order valence-electron chi connectivity index (χ4n) is 1.53. The maximum absolute atomic E-state index is 13.7. The standard InChI is InChI=1S/C13H8ClF4NO/c1-5-9(16)8(14)13(11(18)10(5)17)20-7-4-2-3-6(15)12(7)19/h2-4H,19H2,1H3. The molecule has 0 aromatic heterocycles. The zero-order chi connectivity index (χ0) is 15.0. The molecule has 0 saturated heterocycles. The van der Waals surface area contributed by atoms with E-state index in [0.717, 1.165) is 13.0 Å². The Morgan fingerprint density at radius 1 is 1.05 bits per heavy atom. The summed E-state index contributed by atoms with van der Waals surface area (Å²) in [6.07, 6.45) is 0. The molecule has 0 atom stereocenters. The molecule has 0 aliphatic heterocycles. The number of anilines is 1. The van der Waals surface area contributed by atoms with E-state index in [0.29, 0.717) is 0 Å². The number of nitrogen functional groups attached to an aromatic ring is 1. The molecule has 2 N–H and O–H groups in total. The number of halogens is 5. The van der Waals surface area contributed by atoms with Crippen molar-refractivity contribution in [1.29, 1.82) is 0 Å². The Morgan fingerprint density at radius 3 is 2.35 bits per heavy atom. The van der Waals surface area contributed by atoms with Gasteiger partial charge in [0, 0.05) is 5.56 Å². The number of hydrogen-bond donors (Lipinski definition) is 1. The minimum Gasteiger partial charge on any atom is -0.450 e. The first-order chi connectivity index (χ1) is 9.34. The molecule has 0 heterocycles. The molecule has 0 aliphatic carbocycles. The van der Waals surface area contributed by atoms with Crippen molar-refractivity contribution in [2.24, 2.45) is 0 Å². The maximum Gasteiger partial charge on any atom is 0.203 e. The van der Waals surface area contributed by atoms with Crippen molar-refractivity contribution in [3.05, 3.63) is 52.1 Å². The number of benzene rings is 2. The summed E-state index contributed by atoms with van der Waals surface area (Å²) in [6.45, 7) is 1.03. The van der Waals surface area contributed by atoms with Crippen LogP contribution in [0, 0.1) is 30.2 Å². The summed E-state index contributed by atoms with van der Waals surface area (Å²) < 4.78 is 58.9. The van der Waals surface area contributed by atoms with Gasteiger partial charge in [-0.15, -0.1) is 0 Å². The quantitative estimate of drug-likeness (QED) is 0.501. The van der Waals surface area contributed by atoms with Crippen molar-refractivity contribution in [1.82, 2.24) is 0 Å². The van der Waals surface area contributed by atoms with Crippen molar-refractivity contribution in [2.75, 3.05) is 5.73 Å². The smallest absolute Gasteiger partial charge is 0.203 e. The van der Waals surface area contributed by atoms with Gasteiger partial charge in [0.1, 0.15) is 16.5 Å². The lowest BCUT2D eigenvalue weighted by Crippen LogP contribution is -2.02. The van der Waals surface area contributed by atoms with Crippen molar-refractivity contribution in [3.8, 4) is 11.5 Å². The lowest BCUT2D eigenvalue weighted by molar-refractivity contribution is 0.405. The lowest BCUT2D eigenvalue weighted by Gasteiger charge is -2.13. The SMILES string of the molecule is Cc1c(F)c(F)c(Oc2cccc(F)c2N)c(Cl)c1F. The second-order valence-corrected chi connectivity index (χ2v) is 4.34. The van der Waals surface area contributed by atoms with Crippen LogP contribution in [0.3, 0.4) is 0 Å². The van der Waals surface area contributed by atoms with E-state index in [1.165, 1.54) is 12.1 Å². The minimum absolute atomic E-state index is 0.298. The average molecular weight is 306 g/mol. The molecule has 7 heteroatoms. The second kappa shape index (κ2) is 5.20. The number of ether oxygens (including phenoxy) is 1. The van der Waals surface area contributed by atoms with Gasteiger partial charge in [-0.05, 0) is 19.1 Å². The van der Waals surface area contributed by atoms with Crippen LogP contribution in [0.15, 0.2) is 18.2 Å². The fourth-order valence-corrected chi connectivity index (χ4v) is 1.79. The van der Waals surface area contributed by atoms with E-state index in [9.17, 15) is 17.6 Å². The van der Waals surface area contributed by atoms with E-state index in [-0.39, 0.29) is 5.75 Å². The maximum atomic E-state index is 13.7. The van der Waals surface area contributed by atoms with Gasteiger partial charge < -0.3 is 10.5 Å². The Labute approximate surface area is 116 Å². The third-order valence-electron chi connectivity index (χ3n) is 2.67. The number of rotatable bonds is 2. The van der Waals surface area contributed by atoms with E-state index in [1.807, 2.05) is 0 Å². The Hall–Kier alpha value is -1.95. The number of hydrogen-bond acceptors (Lipinski definition) is 2. The molecule has 0 saturated carbocycles. The molecule has 106 valence electrons. The first kappa shape index (κ1) is 14.5. The van der Waals surface area contributed by atoms with Crippen LogP contribution in [-0.2, 0) is 0 Å². The summed E-state index contributed by atoms with van der Waals surface area (Å²) >= 11 is 5.58. The molecule has 2 rings (SSSR count). The summed E-state index contributed by atoms with van der Waals surface area (Å²) in [5, 5.41) is -0.745. The van der Waals surface area contributed by atoms with Gasteiger partial charge in [-0.3, -0.25) is 0 Å². The molecule has 0 spiro atoms. The summed E-state index contributed by atoms with van der Waals surface area (Å²) in [5.74, 6) is -6.06. The van der Waals surface area contributed by atoms with Crippen molar-refractivity contribution >= 4 is 17.3 Å². The van der Waals surface area contributed by atoms with Gasteiger partial charge in [-0.25, -0.2) is 13.2 Å². The van der Waals surface area contributed by atoms with E-state index >= 15 is 0 Å². The lowest BCUT2D eigenvalue weighted by atomic mass is 10.2. The van der Waals surface area contributed by atoms with Crippen LogP contribution in [0.4, 0.5) is 23.2 Å². The van der Waals surface area contributed by atoms with Crippen LogP contribution in [0.2, 0.25) is 5.02 Å². The molecule has 0 bridgehead atoms. The molecular formula is C13H8ClF4NO. The Bertz CT molecular complexity index is 662. The van der Waals surface area contributed by atoms with Crippen LogP contribution in [0.1, 0.15) is 5.56 Å². The molecule has 0 radical (unpaired) electrons. The summed E-state index contributed by atoms with van der Waals surface area (Å²) in [4.78, 5) is 0. The average Bonchev–Trinajstić information content (AvgIpc) is 2.43.